The van der Waals surface area contributed by atoms with Gasteiger partial charge in [-0.15, -0.1) is 0 Å². The van der Waals surface area contributed by atoms with E-state index in [0.29, 0.717) is 6.61 Å². The Morgan fingerprint density at radius 1 is 1.62 bits per heavy atom. The molecule has 1 heterocycles. The van der Waals surface area contributed by atoms with Gasteiger partial charge in [-0.05, 0) is 12.1 Å². The summed E-state index contributed by atoms with van der Waals surface area (Å²) in [5.74, 6) is -0.596. The zero-order valence-electron chi connectivity index (χ0n) is 9.76. The van der Waals surface area contributed by atoms with E-state index in [4.69, 9.17) is 4.74 Å². The third-order valence-electron chi connectivity index (χ3n) is 2.20. The average molecular weight is 229 g/mol. The molecular formula is C9H15N3O4. The van der Waals surface area contributed by atoms with Crippen molar-refractivity contribution in [2.75, 3.05) is 27.7 Å². The molecule has 16 heavy (non-hydrogen) atoms. The first-order valence-electron chi connectivity index (χ1n) is 4.79. The van der Waals surface area contributed by atoms with Gasteiger partial charge in [0.1, 0.15) is 6.61 Å². The SMILES string of the molecule is CC1COC(=NOC(=O)N(C)C)C(=O)N1C. The Bertz CT molecular complexity index is 327. The highest BCUT2D eigenvalue weighted by Gasteiger charge is 2.29. The average Bonchev–Trinajstić information content (AvgIpc) is 2.24. The molecule has 0 aliphatic carbocycles. The van der Waals surface area contributed by atoms with Crippen molar-refractivity contribution in [2.24, 2.45) is 5.16 Å². The number of likely N-dealkylation sites (N-methyl/N-ethyl adjacent to an activating group) is 1. The summed E-state index contributed by atoms with van der Waals surface area (Å²) in [5, 5.41) is 3.38. The first-order valence-corrected chi connectivity index (χ1v) is 4.79. The van der Waals surface area contributed by atoms with E-state index in [1.807, 2.05) is 6.92 Å². The van der Waals surface area contributed by atoms with Gasteiger partial charge in [0, 0.05) is 21.1 Å². The lowest BCUT2D eigenvalue weighted by atomic mass is 10.3. The van der Waals surface area contributed by atoms with Gasteiger partial charge in [-0.3, -0.25) is 9.63 Å². The van der Waals surface area contributed by atoms with E-state index in [0.717, 1.165) is 0 Å². The van der Waals surface area contributed by atoms with Crippen LogP contribution in [0.2, 0.25) is 0 Å². The molecule has 0 radical (unpaired) electrons. The Balaban J connectivity index is 2.64. The summed E-state index contributed by atoms with van der Waals surface area (Å²) in [6.45, 7) is 2.18. The normalized spacial score (nSPS) is 23.0. The third-order valence-corrected chi connectivity index (χ3v) is 2.20. The maximum atomic E-state index is 11.6. The molecule has 1 saturated heterocycles. The molecule has 2 amide bonds. The molecule has 1 unspecified atom stereocenters. The maximum Gasteiger partial charge on any atom is 0.435 e. The van der Waals surface area contributed by atoms with Crippen molar-refractivity contribution in [1.29, 1.82) is 0 Å². The number of morpholine rings is 1. The van der Waals surface area contributed by atoms with Crippen LogP contribution in [0.15, 0.2) is 5.16 Å². The minimum absolute atomic E-state index is 0.0176. The van der Waals surface area contributed by atoms with Gasteiger partial charge in [0.25, 0.3) is 0 Å². The second-order valence-electron chi connectivity index (χ2n) is 3.72. The van der Waals surface area contributed by atoms with Gasteiger partial charge in [0.2, 0.25) is 0 Å². The monoisotopic (exact) mass is 229 g/mol. The van der Waals surface area contributed by atoms with Gasteiger partial charge in [-0.25, -0.2) is 4.79 Å². The molecule has 0 aromatic rings. The summed E-state index contributed by atoms with van der Waals surface area (Å²) in [5.41, 5.74) is 0. The predicted octanol–water partition coefficient (Wildman–Crippen LogP) is -0.125. The van der Waals surface area contributed by atoms with Crippen LogP contribution >= 0.6 is 0 Å². The lowest BCUT2D eigenvalue weighted by Gasteiger charge is -2.29. The molecule has 7 nitrogen and oxygen atoms in total. The molecule has 0 N–H and O–H groups in total. The van der Waals surface area contributed by atoms with Gasteiger partial charge in [-0.1, -0.05) is 0 Å². The van der Waals surface area contributed by atoms with Crippen molar-refractivity contribution >= 4 is 17.9 Å². The van der Waals surface area contributed by atoms with Crippen LogP contribution in [0.25, 0.3) is 0 Å². The fraction of sp³-hybridized carbons (Fsp3) is 0.667. The zero-order valence-corrected chi connectivity index (χ0v) is 9.76. The first kappa shape index (κ1) is 12.3. The number of carbonyl (C=O) groups excluding carboxylic acids is 2. The van der Waals surface area contributed by atoms with Crippen molar-refractivity contribution in [2.45, 2.75) is 13.0 Å². The van der Waals surface area contributed by atoms with Gasteiger partial charge in [0.15, 0.2) is 0 Å². The highest BCUT2D eigenvalue weighted by Crippen LogP contribution is 2.07. The van der Waals surface area contributed by atoms with Crippen LogP contribution in [0.4, 0.5) is 4.79 Å². The van der Waals surface area contributed by atoms with Crippen molar-refractivity contribution in [1.82, 2.24) is 9.80 Å². The molecule has 1 atom stereocenters. The third kappa shape index (κ3) is 2.62. The smallest absolute Gasteiger partial charge is 0.435 e. The number of ether oxygens (including phenoxy) is 1. The van der Waals surface area contributed by atoms with Crippen molar-refractivity contribution in [3.63, 3.8) is 0 Å². The molecule has 1 aliphatic rings. The Kier molecular flexibility index (Phi) is 3.70. The van der Waals surface area contributed by atoms with Crippen LogP contribution < -0.4 is 0 Å². The van der Waals surface area contributed by atoms with Crippen LogP contribution in [-0.4, -0.2) is 61.5 Å². The fourth-order valence-electron chi connectivity index (χ4n) is 0.952. The Hall–Kier alpha value is -1.79. The molecule has 0 bridgehead atoms. The maximum absolute atomic E-state index is 11.6. The van der Waals surface area contributed by atoms with E-state index in [2.05, 4.69) is 9.99 Å². The van der Waals surface area contributed by atoms with Crippen molar-refractivity contribution < 1.29 is 19.2 Å². The predicted molar refractivity (Wildman–Crippen MR) is 55.8 cm³/mol. The minimum Gasteiger partial charge on any atom is -0.470 e. The second kappa shape index (κ2) is 4.82. The van der Waals surface area contributed by atoms with Crippen LogP contribution in [0.1, 0.15) is 6.92 Å². The first-order chi connectivity index (χ1) is 7.43. The fourth-order valence-corrected chi connectivity index (χ4v) is 0.952. The number of amides is 2. The van der Waals surface area contributed by atoms with Crippen LogP contribution in [0, 0.1) is 0 Å². The Labute approximate surface area is 93.6 Å². The summed E-state index contributed by atoms with van der Waals surface area (Å²) in [4.78, 5) is 29.8. The van der Waals surface area contributed by atoms with Crippen LogP contribution in [0.3, 0.4) is 0 Å². The lowest BCUT2D eigenvalue weighted by Crippen LogP contribution is -2.48. The summed E-state index contributed by atoms with van der Waals surface area (Å²) in [7, 11) is 4.67. The van der Waals surface area contributed by atoms with Crippen molar-refractivity contribution in [3.05, 3.63) is 0 Å². The summed E-state index contributed by atoms with van der Waals surface area (Å²) >= 11 is 0. The molecule has 0 aromatic carbocycles. The summed E-state index contributed by atoms with van der Waals surface area (Å²) in [6, 6.07) is -0.0176. The highest BCUT2D eigenvalue weighted by atomic mass is 16.7. The molecule has 1 aliphatic heterocycles. The largest absolute Gasteiger partial charge is 0.470 e. The number of rotatable bonds is 1. The quantitative estimate of drug-likeness (QED) is 0.464. The number of hydrogen-bond donors (Lipinski definition) is 0. The Morgan fingerprint density at radius 3 is 2.81 bits per heavy atom. The molecule has 90 valence electrons. The molecule has 0 spiro atoms. The van der Waals surface area contributed by atoms with Crippen LogP contribution in [0.5, 0.6) is 0 Å². The van der Waals surface area contributed by atoms with E-state index >= 15 is 0 Å². The van der Waals surface area contributed by atoms with E-state index in [1.165, 1.54) is 23.9 Å². The molecular weight excluding hydrogens is 214 g/mol. The molecule has 7 heteroatoms. The van der Waals surface area contributed by atoms with Gasteiger partial charge >= 0.3 is 17.9 Å². The molecule has 0 aromatic heterocycles. The van der Waals surface area contributed by atoms with Gasteiger partial charge in [-0.2, -0.15) is 0 Å². The zero-order chi connectivity index (χ0) is 12.3. The van der Waals surface area contributed by atoms with E-state index in [9.17, 15) is 9.59 Å². The molecule has 1 rings (SSSR count). The number of oxime groups is 1. The van der Waals surface area contributed by atoms with E-state index in [1.54, 1.807) is 7.05 Å². The number of carbonyl (C=O) groups is 2. The Morgan fingerprint density at radius 2 is 2.25 bits per heavy atom. The minimum atomic E-state index is -0.662. The standard InChI is InChI=1S/C9H15N3O4/c1-6-5-15-7(8(13)12(6)4)10-16-9(14)11(2)3/h6H,5H2,1-4H3. The van der Waals surface area contributed by atoms with Crippen LogP contribution in [-0.2, 0) is 14.4 Å². The molecule has 0 saturated carbocycles. The number of hydrogen-bond acceptors (Lipinski definition) is 5. The highest BCUT2D eigenvalue weighted by molar-refractivity contribution is 6.35. The van der Waals surface area contributed by atoms with E-state index in [-0.39, 0.29) is 11.9 Å². The topological polar surface area (TPSA) is 71.4 Å². The van der Waals surface area contributed by atoms with E-state index < -0.39 is 12.0 Å². The molecule has 1 fully saturated rings. The lowest BCUT2D eigenvalue weighted by molar-refractivity contribution is -0.130. The summed E-state index contributed by atoms with van der Waals surface area (Å²) in [6.07, 6.45) is -0.662. The van der Waals surface area contributed by atoms with Crippen molar-refractivity contribution in [3.8, 4) is 0 Å². The van der Waals surface area contributed by atoms with Gasteiger partial charge < -0.3 is 14.5 Å². The number of nitrogens with zero attached hydrogens (tertiary/aromatic N) is 3. The summed E-state index contributed by atoms with van der Waals surface area (Å²) < 4.78 is 5.07. The van der Waals surface area contributed by atoms with Gasteiger partial charge in [0.05, 0.1) is 6.04 Å². The second-order valence-corrected chi connectivity index (χ2v) is 3.72.